The molecule has 94 valence electrons. The molecule has 0 aromatic carbocycles. The van der Waals surface area contributed by atoms with E-state index in [0.717, 1.165) is 6.42 Å². The molecule has 1 heterocycles. The van der Waals surface area contributed by atoms with Crippen LogP contribution in [0.5, 0.6) is 0 Å². The third-order valence-electron chi connectivity index (χ3n) is 2.55. The number of hydrogen-bond acceptors (Lipinski definition) is 3. The van der Waals surface area contributed by atoms with Crippen LogP contribution in [0.3, 0.4) is 0 Å². The van der Waals surface area contributed by atoms with Crippen LogP contribution in [-0.4, -0.2) is 14.1 Å². The Labute approximate surface area is 105 Å². The van der Waals surface area contributed by atoms with Gasteiger partial charge < -0.3 is 10.3 Å². The van der Waals surface area contributed by atoms with Crippen molar-refractivity contribution in [3.63, 3.8) is 0 Å². The minimum atomic E-state index is -0.314. The summed E-state index contributed by atoms with van der Waals surface area (Å²) in [5, 5.41) is 0. The fourth-order valence-corrected chi connectivity index (χ4v) is 1.57. The number of rotatable bonds is 5. The van der Waals surface area contributed by atoms with Crippen LogP contribution in [-0.2, 0) is 13.1 Å². The Balaban J connectivity index is 3.14. The van der Waals surface area contributed by atoms with Crippen LogP contribution >= 0.6 is 12.2 Å². The van der Waals surface area contributed by atoms with Crippen LogP contribution in [0.4, 0.5) is 0 Å². The molecule has 1 aromatic heterocycles. The second-order valence-electron chi connectivity index (χ2n) is 4.04. The maximum absolute atomic E-state index is 12.0. The smallest absolute Gasteiger partial charge is 0.330 e. The molecule has 17 heavy (non-hydrogen) atoms. The van der Waals surface area contributed by atoms with Crippen molar-refractivity contribution < 1.29 is 0 Å². The molecule has 1 unspecified atom stereocenters. The first-order valence-corrected chi connectivity index (χ1v) is 5.97. The molecule has 2 N–H and O–H groups in total. The van der Waals surface area contributed by atoms with Gasteiger partial charge in [0.25, 0.3) is 5.56 Å². The normalized spacial score (nSPS) is 12.4. The molecule has 0 fully saturated rings. The van der Waals surface area contributed by atoms with E-state index in [-0.39, 0.29) is 23.7 Å². The Bertz CT molecular complexity index is 518. The molecular formula is C11H17N3O2S. The second-order valence-corrected chi connectivity index (χ2v) is 4.52. The molecule has 1 aromatic rings. The van der Waals surface area contributed by atoms with Gasteiger partial charge in [0.05, 0.1) is 4.99 Å². The molecule has 0 aliphatic carbocycles. The Hall–Kier alpha value is -1.43. The van der Waals surface area contributed by atoms with Crippen molar-refractivity contribution in [2.45, 2.75) is 33.4 Å². The lowest BCUT2D eigenvalue weighted by Crippen LogP contribution is -2.41. The van der Waals surface area contributed by atoms with Crippen LogP contribution < -0.4 is 17.0 Å². The van der Waals surface area contributed by atoms with Gasteiger partial charge in [-0.25, -0.2) is 4.79 Å². The van der Waals surface area contributed by atoms with Gasteiger partial charge >= 0.3 is 5.69 Å². The zero-order valence-electron chi connectivity index (χ0n) is 10.0. The summed E-state index contributed by atoms with van der Waals surface area (Å²) in [6.45, 7) is 4.60. The number of hydrogen-bond donors (Lipinski definition) is 1. The van der Waals surface area contributed by atoms with Crippen molar-refractivity contribution in [1.29, 1.82) is 0 Å². The van der Waals surface area contributed by atoms with Crippen molar-refractivity contribution in [3.8, 4) is 0 Å². The highest BCUT2D eigenvalue weighted by Gasteiger charge is 2.11. The maximum atomic E-state index is 12.0. The summed E-state index contributed by atoms with van der Waals surface area (Å²) in [5.41, 5.74) is 4.87. The molecule has 1 atom stereocenters. The molecule has 5 nitrogen and oxygen atoms in total. The highest BCUT2D eigenvalue weighted by Crippen LogP contribution is 1.96. The third-order valence-corrected chi connectivity index (χ3v) is 2.95. The van der Waals surface area contributed by atoms with Crippen LogP contribution in [0.2, 0.25) is 0 Å². The summed E-state index contributed by atoms with van der Waals surface area (Å²) in [6.07, 6.45) is 2.36. The molecule has 0 aliphatic rings. The molecule has 0 saturated heterocycles. The number of aryl methyl sites for hydroxylation is 1. The van der Waals surface area contributed by atoms with E-state index in [1.807, 2.05) is 6.92 Å². The fraction of sp³-hybridized carbons (Fsp3) is 0.545. The van der Waals surface area contributed by atoms with Crippen molar-refractivity contribution >= 4 is 17.2 Å². The van der Waals surface area contributed by atoms with E-state index >= 15 is 0 Å². The van der Waals surface area contributed by atoms with E-state index in [4.69, 9.17) is 18.0 Å². The van der Waals surface area contributed by atoms with Crippen molar-refractivity contribution in [1.82, 2.24) is 9.13 Å². The minimum absolute atomic E-state index is 0.173. The summed E-state index contributed by atoms with van der Waals surface area (Å²) in [7, 11) is 0. The summed E-state index contributed by atoms with van der Waals surface area (Å²) in [5.74, 6) is -0.173. The van der Waals surface area contributed by atoms with Crippen LogP contribution in [0, 0.1) is 5.92 Å². The van der Waals surface area contributed by atoms with Crippen molar-refractivity contribution in [2.24, 2.45) is 11.7 Å². The van der Waals surface area contributed by atoms with Crippen molar-refractivity contribution in [3.05, 3.63) is 33.1 Å². The standard InChI is InChI=1S/C11H17N3O2S/c1-3-5-13-6-4-9(15)14(11(13)16)7-8(2)10(12)17/h4,6,8H,3,5,7H2,1-2H3,(H2,12,17). The SMILES string of the molecule is CCCn1ccc(=O)n(CC(C)C(N)=S)c1=O. The quantitative estimate of drug-likeness (QED) is 0.770. The summed E-state index contributed by atoms with van der Waals surface area (Å²) >= 11 is 4.84. The van der Waals surface area contributed by atoms with Gasteiger partial charge in [0.15, 0.2) is 0 Å². The van der Waals surface area contributed by atoms with Crippen LogP contribution in [0.1, 0.15) is 20.3 Å². The van der Waals surface area contributed by atoms with E-state index in [2.05, 4.69) is 0 Å². The van der Waals surface area contributed by atoms with E-state index in [1.165, 1.54) is 21.4 Å². The molecule has 0 amide bonds. The average molecular weight is 255 g/mol. The van der Waals surface area contributed by atoms with E-state index in [9.17, 15) is 9.59 Å². The Morgan fingerprint density at radius 3 is 2.71 bits per heavy atom. The Morgan fingerprint density at radius 1 is 1.53 bits per heavy atom. The first kappa shape index (κ1) is 13.6. The number of aromatic nitrogens is 2. The van der Waals surface area contributed by atoms with Gasteiger partial charge in [0, 0.05) is 31.3 Å². The van der Waals surface area contributed by atoms with Gasteiger partial charge in [-0.1, -0.05) is 26.1 Å². The monoisotopic (exact) mass is 255 g/mol. The molecule has 1 rings (SSSR count). The van der Waals surface area contributed by atoms with Gasteiger partial charge in [0.1, 0.15) is 0 Å². The zero-order chi connectivity index (χ0) is 13.0. The second kappa shape index (κ2) is 5.77. The lowest BCUT2D eigenvalue weighted by Gasteiger charge is -2.12. The molecule has 0 radical (unpaired) electrons. The molecule has 0 bridgehead atoms. The van der Waals surface area contributed by atoms with Gasteiger partial charge in [0.2, 0.25) is 0 Å². The molecule has 6 heteroatoms. The highest BCUT2D eigenvalue weighted by molar-refractivity contribution is 7.80. The van der Waals surface area contributed by atoms with E-state index < -0.39 is 0 Å². The maximum Gasteiger partial charge on any atom is 0.330 e. The number of nitrogens with zero attached hydrogens (tertiary/aromatic N) is 2. The average Bonchev–Trinajstić information content (AvgIpc) is 2.28. The topological polar surface area (TPSA) is 70.0 Å². The third kappa shape index (κ3) is 3.26. The van der Waals surface area contributed by atoms with E-state index in [0.29, 0.717) is 11.5 Å². The Kier molecular flexibility index (Phi) is 4.62. The largest absolute Gasteiger partial charge is 0.393 e. The van der Waals surface area contributed by atoms with Crippen molar-refractivity contribution in [2.75, 3.05) is 0 Å². The zero-order valence-corrected chi connectivity index (χ0v) is 10.9. The first-order valence-electron chi connectivity index (χ1n) is 5.57. The lowest BCUT2D eigenvalue weighted by molar-refractivity contribution is 0.508. The molecule has 0 aliphatic heterocycles. The van der Waals surface area contributed by atoms with Gasteiger partial charge in [-0.15, -0.1) is 0 Å². The summed E-state index contributed by atoms with van der Waals surface area (Å²) in [4.78, 5) is 23.9. The van der Waals surface area contributed by atoms with Gasteiger partial charge in [-0.3, -0.25) is 9.36 Å². The minimum Gasteiger partial charge on any atom is -0.393 e. The predicted molar refractivity (Wildman–Crippen MR) is 71.2 cm³/mol. The first-order chi connectivity index (χ1) is 7.97. The number of nitrogens with two attached hydrogens (primary N) is 1. The van der Waals surface area contributed by atoms with Crippen LogP contribution in [0.15, 0.2) is 21.9 Å². The molecule has 0 spiro atoms. The number of thiocarbonyl (C=S) groups is 1. The van der Waals surface area contributed by atoms with E-state index in [1.54, 1.807) is 6.92 Å². The lowest BCUT2D eigenvalue weighted by atomic mass is 10.2. The van der Waals surface area contributed by atoms with Crippen LogP contribution in [0.25, 0.3) is 0 Å². The molecular weight excluding hydrogens is 238 g/mol. The summed E-state index contributed by atoms with van der Waals surface area (Å²) < 4.78 is 2.70. The predicted octanol–water partition coefficient (Wildman–Crippen LogP) is 0.342. The highest BCUT2D eigenvalue weighted by atomic mass is 32.1. The summed E-state index contributed by atoms with van der Waals surface area (Å²) in [6, 6.07) is 1.39. The van der Waals surface area contributed by atoms with Gasteiger partial charge in [-0.2, -0.15) is 0 Å². The molecule has 0 saturated carbocycles. The Morgan fingerprint density at radius 2 is 2.18 bits per heavy atom. The van der Waals surface area contributed by atoms with Gasteiger partial charge in [-0.05, 0) is 6.42 Å². The fourth-order valence-electron chi connectivity index (χ4n) is 1.50.